The van der Waals surface area contributed by atoms with E-state index in [9.17, 15) is 13.2 Å². The third-order valence-corrected chi connectivity index (χ3v) is 5.63. The Balaban J connectivity index is 0.000000525. The zero-order valence-electron chi connectivity index (χ0n) is 28.9. The molecule has 0 atom stereocenters. The standard InChI is InChI=1S/C8H8F2.C8H9F.C8H10.2C6H7N.C4H10/c1-5-3-7(9)6(2)8(10)4-5;1-6-3-4-7(2)8(9)5-6;1-7-3-5-8(2)6-4-7;1-6-2-4-7-5-3-6;1-6-4-2-3-5-7-6;1-4(2)3/h3-4H,1-2H3;3-5H,1-2H3;3-6H,1-2H3;2*2-5H,1H3;4H,1-3H3. The van der Waals surface area contributed by atoms with E-state index in [1.807, 2.05) is 57.2 Å². The van der Waals surface area contributed by atoms with Crippen LogP contribution in [0.25, 0.3) is 0 Å². The molecule has 0 fully saturated rings. The summed E-state index contributed by atoms with van der Waals surface area (Å²) in [5.74, 6) is -0.231. The summed E-state index contributed by atoms with van der Waals surface area (Å²) in [5.41, 5.74) is 7.37. The first-order valence-electron chi connectivity index (χ1n) is 15.0. The smallest absolute Gasteiger partial charge is 0.129 e. The molecule has 45 heavy (non-hydrogen) atoms. The summed E-state index contributed by atoms with van der Waals surface area (Å²) in [6.45, 7) is 21.4. The van der Waals surface area contributed by atoms with E-state index in [2.05, 4.69) is 68.9 Å². The van der Waals surface area contributed by atoms with Gasteiger partial charge in [0.15, 0.2) is 0 Å². The summed E-state index contributed by atoms with van der Waals surface area (Å²) in [5, 5.41) is 0. The van der Waals surface area contributed by atoms with Crippen LogP contribution in [0.15, 0.2) is 104 Å². The second-order valence-electron chi connectivity index (χ2n) is 11.5. The summed E-state index contributed by atoms with van der Waals surface area (Å²) in [6, 6.07) is 26.1. The number of hydrogen-bond donors (Lipinski definition) is 0. The van der Waals surface area contributed by atoms with Gasteiger partial charge in [0.1, 0.15) is 17.5 Å². The molecule has 3 aromatic carbocycles. The van der Waals surface area contributed by atoms with Crippen LogP contribution >= 0.6 is 0 Å². The second-order valence-corrected chi connectivity index (χ2v) is 11.5. The van der Waals surface area contributed by atoms with Gasteiger partial charge < -0.3 is 0 Å². The van der Waals surface area contributed by atoms with E-state index in [4.69, 9.17) is 0 Å². The zero-order chi connectivity index (χ0) is 34.4. The largest absolute Gasteiger partial charge is 0.265 e. The summed E-state index contributed by atoms with van der Waals surface area (Å²) in [7, 11) is 0. The van der Waals surface area contributed by atoms with Gasteiger partial charge in [0.05, 0.1) is 0 Å². The van der Waals surface area contributed by atoms with Crippen LogP contribution in [0.1, 0.15) is 65.4 Å². The number of benzene rings is 3. The van der Waals surface area contributed by atoms with Crippen LogP contribution in [0, 0.1) is 78.8 Å². The van der Waals surface area contributed by atoms with Gasteiger partial charge in [-0.3, -0.25) is 9.97 Å². The van der Waals surface area contributed by atoms with Crippen molar-refractivity contribution in [1.82, 2.24) is 9.97 Å². The lowest BCUT2D eigenvalue weighted by atomic mass is 10.1. The van der Waals surface area contributed by atoms with Crippen LogP contribution in [0.5, 0.6) is 0 Å². The lowest BCUT2D eigenvalue weighted by Crippen LogP contribution is -1.88. The molecule has 0 aliphatic carbocycles. The maximum absolute atomic E-state index is 12.6. The molecule has 0 unspecified atom stereocenters. The maximum Gasteiger partial charge on any atom is 0.129 e. The average Bonchev–Trinajstić information content (AvgIpc) is 2.97. The van der Waals surface area contributed by atoms with Crippen molar-refractivity contribution in [2.75, 3.05) is 0 Å². The quantitative estimate of drug-likeness (QED) is 0.173. The van der Waals surface area contributed by atoms with Crippen molar-refractivity contribution < 1.29 is 13.2 Å². The van der Waals surface area contributed by atoms with Crippen LogP contribution in [-0.4, -0.2) is 9.97 Å². The van der Waals surface area contributed by atoms with Gasteiger partial charge >= 0.3 is 0 Å². The van der Waals surface area contributed by atoms with Crippen molar-refractivity contribution in [2.45, 2.75) is 76.2 Å². The molecule has 0 aliphatic heterocycles. The topological polar surface area (TPSA) is 25.8 Å². The Bertz CT molecular complexity index is 1380. The first kappa shape index (κ1) is 40.8. The molecule has 0 N–H and O–H groups in total. The number of aryl methyl sites for hydroxylation is 7. The van der Waals surface area contributed by atoms with Crippen molar-refractivity contribution in [3.05, 3.63) is 166 Å². The normalized spacial score (nSPS) is 9.31. The highest BCUT2D eigenvalue weighted by Gasteiger charge is 2.03. The van der Waals surface area contributed by atoms with E-state index in [0.29, 0.717) is 11.1 Å². The Hall–Kier alpha value is -4.25. The molecule has 2 aromatic heterocycles. The molecule has 5 aromatic rings. The Kier molecular flexibility index (Phi) is 21.0. The monoisotopic (exact) mass is 616 g/mol. The van der Waals surface area contributed by atoms with Gasteiger partial charge in [-0.05, 0) is 126 Å². The van der Waals surface area contributed by atoms with E-state index in [0.717, 1.165) is 17.2 Å². The van der Waals surface area contributed by atoms with Crippen LogP contribution in [-0.2, 0) is 0 Å². The minimum Gasteiger partial charge on any atom is -0.265 e. The second kappa shape index (κ2) is 23.2. The summed E-state index contributed by atoms with van der Waals surface area (Å²) < 4.78 is 37.8. The maximum atomic E-state index is 12.6. The molecule has 0 amide bonds. The summed E-state index contributed by atoms with van der Waals surface area (Å²) >= 11 is 0. The van der Waals surface area contributed by atoms with Gasteiger partial charge in [-0.2, -0.15) is 0 Å². The number of aromatic nitrogens is 2. The van der Waals surface area contributed by atoms with E-state index < -0.39 is 11.6 Å². The Morgan fingerprint density at radius 3 is 1.20 bits per heavy atom. The van der Waals surface area contributed by atoms with Crippen molar-refractivity contribution in [1.29, 1.82) is 0 Å². The lowest BCUT2D eigenvalue weighted by molar-refractivity contribution is 0.566. The minimum atomic E-state index is -0.475. The van der Waals surface area contributed by atoms with Crippen molar-refractivity contribution in [2.24, 2.45) is 5.92 Å². The summed E-state index contributed by atoms with van der Waals surface area (Å²) in [6.07, 6.45) is 5.36. The van der Waals surface area contributed by atoms with Crippen LogP contribution in [0.4, 0.5) is 13.2 Å². The molecule has 0 radical (unpaired) electrons. The Morgan fingerprint density at radius 1 is 0.467 bits per heavy atom. The number of halogens is 3. The van der Waals surface area contributed by atoms with Crippen LogP contribution in [0.3, 0.4) is 0 Å². The predicted molar refractivity (Wildman–Crippen MR) is 186 cm³/mol. The molecular formula is C40H51F3N2. The molecule has 0 spiro atoms. The third kappa shape index (κ3) is 22.0. The van der Waals surface area contributed by atoms with Gasteiger partial charge in [-0.25, -0.2) is 13.2 Å². The van der Waals surface area contributed by atoms with E-state index in [1.54, 1.807) is 38.5 Å². The predicted octanol–water partition coefficient (Wildman–Crippen LogP) is 11.8. The van der Waals surface area contributed by atoms with Crippen molar-refractivity contribution in [3.8, 4) is 0 Å². The molecule has 0 bridgehead atoms. The Morgan fingerprint density at radius 2 is 0.889 bits per heavy atom. The molecule has 242 valence electrons. The van der Waals surface area contributed by atoms with Gasteiger partial charge in [0.25, 0.3) is 0 Å². The fourth-order valence-electron chi connectivity index (χ4n) is 2.98. The number of hydrogen-bond acceptors (Lipinski definition) is 2. The fourth-order valence-corrected chi connectivity index (χ4v) is 2.98. The molecule has 0 aliphatic rings. The highest BCUT2D eigenvalue weighted by atomic mass is 19.1. The summed E-state index contributed by atoms with van der Waals surface area (Å²) in [4.78, 5) is 7.82. The molecule has 2 nitrogen and oxygen atoms in total. The van der Waals surface area contributed by atoms with E-state index in [1.165, 1.54) is 41.8 Å². The zero-order valence-corrected chi connectivity index (χ0v) is 28.9. The van der Waals surface area contributed by atoms with Crippen molar-refractivity contribution >= 4 is 0 Å². The molecular weight excluding hydrogens is 565 g/mol. The molecule has 0 saturated carbocycles. The lowest BCUT2D eigenvalue weighted by Gasteiger charge is -1.98. The van der Waals surface area contributed by atoms with Gasteiger partial charge in [-0.1, -0.05) is 74.4 Å². The molecule has 5 heteroatoms. The number of pyridine rings is 2. The van der Waals surface area contributed by atoms with Gasteiger partial charge in [0.2, 0.25) is 0 Å². The fraction of sp³-hybridized carbons (Fsp3) is 0.300. The van der Waals surface area contributed by atoms with Crippen LogP contribution < -0.4 is 0 Å². The van der Waals surface area contributed by atoms with E-state index >= 15 is 0 Å². The highest BCUT2D eigenvalue weighted by Crippen LogP contribution is 2.12. The van der Waals surface area contributed by atoms with Crippen LogP contribution in [0.2, 0.25) is 0 Å². The number of rotatable bonds is 0. The molecule has 2 heterocycles. The highest BCUT2D eigenvalue weighted by molar-refractivity contribution is 5.24. The molecule has 5 rings (SSSR count). The SMILES string of the molecule is CC(C)C.Cc1cc(F)c(C)c(F)c1.Cc1ccc(C)c(F)c1.Cc1ccc(C)cc1.Cc1ccccn1.Cc1ccncc1. The Labute approximate surface area is 270 Å². The molecule has 0 saturated heterocycles. The average molecular weight is 617 g/mol. The first-order chi connectivity index (χ1) is 21.1. The van der Waals surface area contributed by atoms with Gasteiger partial charge in [0, 0.05) is 29.8 Å². The minimum absolute atomic E-state index is 0.0885. The third-order valence-electron chi connectivity index (χ3n) is 5.63. The number of nitrogens with zero attached hydrogens (tertiary/aromatic N) is 2. The van der Waals surface area contributed by atoms with Crippen molar-refractivity contribution in [3.63, 3.8) is 0 Å². The van der Waals surface area contributed by atoms with E-state index in [-0.39, 0.29) is 11.4 Å². The van der Waals surface area contributed by atoms with Gasteiger partial charge in [-0.15, -0.1) is 0 Å². The first-order valence-corrected chi connectivity index (χ1v) is 15.0.